The fourth-order valence-corrected chi connectivity index (χ4v) is 2.47. The van der Waals surface area contributed by atoms with Gasteiger partial charge in [0.25, 0.3) is 5.69 Å². The average Bonchev–Trinajstić information content (AvgIpc) is 2.34. The number of benzene rings is 1. The summed E-state index contributed by atoms with van der Waals surface area (Å²) in [4.78, 5) is 15.0. The van der Waals surface area contributed by atoms with Gasteiger partial charge in [-0.3, -0.25) is 15.0 Å². The maximum atomic E-state index is 10.8. The molecule has 6 heteroatoms. The number of likely N-dealkylation sites (N-methyl/N-ethyl adjacent to an activating group) is 1. The van der Waals surface area contributed by atoms with Crippen LogP contribution in [0.1, 0.15) is 12.5 Å². The van der Waals surface area contributed by atoms with Crippen LogP contribution >= 0.6 is 0 Å². The van der Waals surface area contributed by atoms with Crippen molar-refractivity contribution in [3.8, 4) is 0 Å². The third-order valence-electron chi connectivity index (χ3n) is 3.68. The number of nitrogen functional groups attached to an aromatic ring is 1. The first-order chi connectivity index (χ1) is 8.97. The summed E-state index contributed by atoms with van der Waals surface area (Å²) in [5.74, 6) is 0. The van der Waals surface area contributed by atoms with Gasteiger partial charge in [-0.15, -0.1) is 0 Å². The van der Waals surface area contributed by atoms with E-state index in [4.69, 9.17) is 5.73 Å². The minimum absolute atomic E-state index is 0.103. The predicted molar refractivity (Wildman–Crippen MR) is 74.9 cm³/mol. The SMILES string of the molecule is CC1CN(C)CCN1Cc1cc([N+](=O)[O-])ccc1N. The second-order valence-corrected chi connectivity index (χ2v) is 5.22. The van der Waals surface area contributed by atoms with Crippen molar-refractivity contribution in [2.75, 3.05) is 32.4 Å². The number of nitro benzene ring substituents is 1. The lowest BCUT2D eigenvalue weighted by atomic mass is 10.1. The standard InChI is InChI=1S/C13H20N4O2/c1-10-8-15(2)5-6-16(10)9-11-7-12(17(18)19)3-4-13(11)14/h3-4,7,10H,5-6,8-9,14H2,1-2H3. The molecule has 1 fully saturated rings. The summed E-state index contributed by atoms with van der Waals surface area (Å²) < 4.78 is 0. The van der Waals surface area contributed by atoms with Gasteiger partial charge in [0, 0.05) is 50.0 Å². The van der Waals surface area contributed by atoms with Crippen molar-refractivity contribution < 1.29 is 4.92 Å². The molecule has 1 unspecified atom stereocenters. The van der Waals surface area contributed by atoms with Gasteiger partial charge in [0.05, 0.1) is 4.92 Å². The lowest BCUT2D eigenvalue weighted by molar-refractivity contribution is -0.384. The number of rotatable bonds is 3. The number of nitro groups is 1. The number of anilines is 1. The number of piperazine rings is 1. The van der Waals surface area contributed by atoms with E-state index in [0.717, 1.165) is 25.2 Å². The largest absolute Gasteiger partial charge is 0.398 e. The summed E-state index contributed by atoms with van der Waals surface area (Å²) >= 11 is 0. The zero-order chi connectivity index (χ0) is 14.0. The number of hydrogen-bond acceptors (Lipinski definition) is 5. The van der Waals surface area contributed by atoms with Gasteiger partial charge in [-0.1, -0.05) is 0 Å². The van der Waals surface area contributed by atoms with Crippen LogP contribution in [0.15, 0.2) is 18.2 Å². The van der Waals surface area contributed by atoms with Gasteiger partial charge in [-0.05, 0) is 25.6 Å². The van der Waals surface area contributed by atoms with Gasteiger partial charge in [0.1, 0.15) is 0 Å². The summed E-state index contributed by atoms with van der Waals surface area (Å²) in [6.07, 6.45) is 0. The molecule has 19 heavy (non-hydrogen) atoms. The molecule has 1 aliphatic rings. The van der Waals surface area contributed by atoms with Crippen molar-refractivity contribution in [3.63, 3.8) is 0 Å². The molecule has 2 rings (SSSR count). The van der Waals surface area contributed by atoms with Crippen LogP contribution in [0, 0.1) is 10.1 Å². The first-order valence-electron chi connectivity index (χ1n) is 6.42. The molecular formula is C13H20N4O2. The number of non-ortho nitro benzene ring substituents is 1. The summed E-state index contributed by atoms with van der Waals surface area (Å²) in [6, 6.07) is 5.08. The van der Waals surface area contributed by atoms with E-state index >= 15 is 0 Å². The molecule has 2 N–H and O–H groups in total. The molecule has 1 aliphatic heterocycles. The molecule has 0 bridgehead atoms. The van der Waals surface area contributed by atoms with E-state index in [0.29, 0.717) is 18.3 Å². The minimum Gasteiger partial charge on any atom is -0.398 e. The van der Waals surface area contributed by atoms with Crippen molar-refractivity contribution in [2.24, 2.45) is 0 Å². The Bertz CT molecular complexity index is 478. The Balaban J connectivity index is 2.14. The molecule has 0 saturated carbocycles. The van der Waals surface area contributed by atoms with Crippen LogP contribution in [0.4, 0.5) is 11.4 Å². The molecule has 0 radical (unpaired) electrons. The molecule has 1 aromatic carbocycles. The van der Waals surface area contributed by atoms with Crippen LogP contribution in [-0.2, 0) is 6.54 Å². The molecule has 0 spiro atoms. The molecule has 0 aromatic heterocycles. The Morgan fingerprint density at radius 1 is 1.47 bits per heavy atom. The molecule has 6 nitrogen and oxygen atoms in total. The normalized spacial score (nSPS) is 21.5. The zero-order valence-corrected chi connectivity index (χ0v) is 11.4. The van der Waals surface area contributed by atoms with E-state index in [-0.39, 0.29) is 10.6 Å². The highest BCUT2D eigenvalue weighted by atomic mass is 16.6. The predicted octanol–water partition coefficient (Wildman–Crippen LogP) is 1.31. The Kier molecular flexibility index (Phi) is 4.01. The van der Waals surface area contributed by atoms with E-state index in [1.54, 1.807) is 12.1 Å². The van der Waals surface area contributed by atoms with Crippen LogP contribution in [-0.4, -0.2) is 47.4 Å². The summed E-state index contributed by atoms with van der Waals surface area (Å²) in [6.45, 7) is 5.82. The van der Waals surface area contributed by atoms with Gasteiger partial charge in [0.2, 0.25) is 0 Å². The first-order valence-corrected chi connectivity index (χ1v) is 6.42. The van der Waals surface area contributed by atoms with Crippen molar-refractivity contribution in [2.45, 2.75) is 19.5 Å². The van der Waals surface area contributed by atoms with Crippen molar-refractivity contribution in [1.29, 1.82) is 0 Å². The second-order valence-electron chi connectivity index (χ2n) is 5.22. The Labute approximate surface area is 112 Å². The highest BCUT2D eigenvalue weighted by Crippen LogP contribution is 2.22. The van der Waals surface area contributed by atoms with Crippen LogP contribution in [0.2, 0.25) is 0 Å². The highest BCUT2D eigenvalue weighted by Gasteiger charge is 2.22. The summed E-state index contributed by atoms with van der Waals surface area (Å²) in [5, 5.41) is 10.8. The van der Waals surface area contributed by atoms with Crippen LogP contribution in [0.3, 0.4) is 0 Å². The first kappa shape index (κ1) is 13.8. The van der Waals surface area contributed by atoms with Gasteiger partial charge < -0.3 is 10.6 Å². The number of nitrogens with zero attached hydrogens (tertiary/aromatic N) is 3. The van der Waals surface area contributed by atoms with Gasteiger partial charge >= 0.3 is 0 Å². The fourth-order valence-electron chi connectivity index (χ4n) is 2.47. The minimum atomic E-state index is -0.379. The quantitative estimate of drug-likeness (QED) is 0.506. The van der Waals surface area contributed by atoms with Gasteiger partial charge in [0.15, 0.2) is 0 Å². The van der Waals surface area contributed by atoms with Gasteiger partial charge in [-0.25, -0.2) is 0 Å². The maximum Gasteiger partial charge on any atom is 0.269 e. The van der Waals surface area contributed by atoms with E-state index in [1.165, 1.54) is 6.07 Å². The fraction of sp³-hybridized carbons (Fsp3) is 0.538. The molecule has 1 heterocycles. The van der Waals surface area contributed by atoms with Crippen LogP contribution < -0.4 is 5.73 Å². The maximum absolute atomic E-state index is 10.8. The lowest BCUT2D eigenvalue weighted by Gasteiger charge is -2.38. The third-order valence-corrected chi connectivity index (χ3v) is 3.68. The van der Waals surface area contributed by atoms with Crippen molar-refractivity contribution in [3.05, 3.63) is 33.9 Å². The molecule has 1 atom stereocenters. The molecule has 0 aliphatic carbocycles. The molecular weight excluding hydrogens is 244 g/mol. The smallest absolute Gasteiger partial charge is 0.269 e. The van der Waals surface area contributed by atoms with E-state index in [9.17, 15) is 10.1 Å². The molecule has 1 saturated heterocycles. The zero-order valence-electron chi connectivity index (χ0n) is 11.4. The highest BCUT2D eigenvalue weighted by molar-refractivity contribution is 5.52. The Morgan fingerprint density at radius 3 is 2.84 bits per heavy atom. The second kappa shape index (κ2) is 5.54. The lowest BCUT2D eigenvalue weighted by Crippen LogP contribution is -2.49. The van der Waals surface area contributed by atoms with E-state index in [2.05, 4.69) is 23.8 Å². The molecule has 104 valence electrons. The van der Waals surface area contributed by atoms with Crippen molar-refractivity contribution in [1.82, 2.24) is 9.80 Å². The summed E-state index contributed by atoms with van der Waals surface area (Å²) in [7, 11) is 2.11. The van der Waals surface area contributed by atoms with Gasteiger partial charge in [-0.2, -0.15) is 0 Å². The number of nitrogens with two attached hydrogens (primary N) is 1. The van der Waals surface area contributed by atoms with E-state index < -0.39 is 0 Å². The third kappa shape index (κ3) is 3.21. The Morgan fingerprint density at radius 2 is 2.21 bits per heavy atom. The van der Waals surface area contributed by atoms with Crippen LogP contribution in [0.25, 0.3) is 0 Å². The monoisotopic (exact) mass is 264 g/mol. The topological polar surface area (TPSA) is 75.6 Å². The van der Waals surface area contributed by atoms with E-state index in [1.807, 2.05) is 0 Å². The number of hydrogen-bond donors (Lipinski definition) is 1. The summed E-state index contributed by atoms with van der Waals surface area (Å²) in [5.41, 5.74) is 7.48. The molecule has 1 aromatic rings. The average molecular weight is 264 g/mol. The molecule has 0 amide bonds. The van der Waals surface area contributed by atoms with Crippen molar-refractivity contribution >= 4 is 11.4 Å². The van der Waals surface area contributed by atoms with Crippen LogP contribution in [0.5, 0.6) is 0 Å². The Hall–Kier alpha value is -1.66.